The third kappa shape index (κ3) is 4.29. The average molecular weight is 424 g/mol. The zero-order valence-corrected chi connectivity index (χ0v) is 18.8. The fraction of sp³-hybridized carbons (Fsp3) is 0.286. The Morgan fingerprint density at radius 1 is 0.906 bits per heavy atom. The summed E-state index contributed by atoms with van der Waals surface area (Å²) < 4.78 is 0. The maximum absolute atomic E-state index is 11.6. The first-order chi connectivity index (χ1) is 15.6. The molecule has 1 aliphatic heterocycles. The molecule has 5 rings (SSSR count). The molecule has 3 aromatic rings. The average Bonchev–Trinajstić information content (AvgIpc) is 3.24. The highest BCUT2D eigenvalue weighted by atomic mass is 16.1. The van der Waals surface area contributed by atoms with Crippen LogP contribution in [0.25, 0.3) is 16.7 Å². The van der Waals surface area contributed by atoms with Gasteiger partial charge in [0.15, 0.2) is 5.78 Å². The summed E-state index contributed by atoms with van der Waals surface area (Å²) in [4.78, 5) is 21.3. The topological polar surface area (TPSA) is 36.4 Å². The third-order valence-corrected chi connectivity index (χ3v) is 6.65. The number of pyridine rings is 1. The van der Waals surface area contributed by atoms with Crippen LogP contribution in [-0.2, 0) is 13.0 Å². The lowest BCUT2D eigenvalue weighted by molar-refractivity contribution is 0.101. The van der Waals surface area contributed by atoms with E-state index < -0.39 is 0 Å². The van der Waals surface area contributed by atoms with Gasteiger partial charge >= 0.3 is 0 Å². The van der Waals surface area contributed by atoms with E-state index in [1.54, 1.807) is 6.92 Å². The van der Waals surface area contributed by atoms with Crippen molar-refractivity contribution in [2.45, 2.75) is 19.9 Å². The van der Waals surface area contributed by atoms with Crippen molar-refractivity contribution < 1.29 is 4.79 Å². The lowest BCUT2D eigenvalue weighted by Crippen LogP contribution is -2.43. The maximum atomic E-state index is 11.6. The van der Waals surface area contributed by atoms with Gasteiger partial charge in [-0.1, -0.05) is 54.6 Å². The number of carbonyl (C=O) groups excluding carboxylic acids is 1. The van der Waals surface area contributed by atoms with Crippen molar-refractivity contribution in [3.63, 3.8) is 0 Å². The normalized spacial score (nSPS) is 16.6. The van der Waals surface area contributed by atoms with E-state index in [-0.39, 0.29) is 5.78 Å². The molecule has 32 heavy (non-hydrogen) atoms. The van der Waals surface area contributed by atoms with Crippen LogP contribution >= 0.6 is 0 Å². The molecule has 0 N–H and O–H groups in total. The van der Waals surface area contributed by atoms with Crippen LogP contribution in [-0.4, -0.2) is 53.8 Å². The fourth-order valence-electron chi connectivity index (χ4n) is 4.58. The second kappa shape index (κ2) is 8.81. The number of nitrogens with zero attached hydrogens (tertiary/aromatic N) is 3. The highest BCUT2D eigenvalue weighted by molar-refractivity contribution is 5.95. The number of ketones is 1. The first-order valence-electron chi connectivity index (χ1n) is 11.4. The highest BCUT2D eigenvalue weighted by Gasteiger charge is 2.18. The number of likely N-dealkylation sites (N-methyl/N-ethyl adjacent to an activating group) is 1. The van der Waals surface area contributed by atoms with Crippen molar-refractivity contribution in [3.8, 4) is 11.1 Å². The number of hydrogen-bond donors (Lipinski definition) is 0. The minimum atomic E-state index is 0.0948. The Balaban J connectivity index is 1.34. The zero-order valence-electron chi connectivity index (χ0n) is 18.8. The van der Waals surface area contributed by atoms with E-state index in [9.17, 15) is 4.79 Å². The summed E-state index contributed by atoms with van der Waals surface area (Å²) in [5.41, 5.74) is 9.09. The van der Waals surface area contributed by atoms with E-state index in [1.807, 2.05) is 30.5 Å². The predicted molar refractivity (Wildman–Crippen MR) is 130 cm³/mol. The third-order valence-electron chi connectivity index (χ3n) is 6.65. The summed E-state index contributed by atoms with van der Waals surface area (Å²) in [6.07, 6.45) is 5.08. The van der Waals surface area contributed by atoms with Gasteiger partial charge in [0.1, 0.15) is 0 Å². The summed E-state index contributed by atoms with van der Waals surface area (Å²) in [5.74, 6) is 0.0948. The fourth-order valence-corrected chi connectivity index (χ4v) is 4.58. The highest BCUT2D eigenvalue weighted by Crippen LogP contribution is 2.34. The first-order valence-corrected chi connectivity index (χ1v) is 11.4. The molecular weight excluding hydrogens is 394 g/mol. The number of allylic oxidation sites excluding steroid dienone is 1. The van der Waals surface area contributed by atoms with Crippen molar-refractivity contribution in [1.29, 1.82) is 0 Å². The second-order valence-electron chi connectivity index (χ2n) is 8.95. The first kappa shape index (κ1) is 20.8. The minimum absolute atomic E-state index is 0.0948. The van der Waals surface area contributed by atoms with Crippen molar-refractivity contribution in [1.82, 2.24) is 14.8 Å². The molecule has 0 unspecified atom stereocenters. The summed E-state index contributed by atoms with van der Waals surface area (Å²) in [5, 5.41) is 0. The summed E-state index contributed by atoms with van der Waals surface area (Å²) >= 11 is 0. The van der Waals surface area contributed by atoms with Gasteiger partial charge in [0, 0.05) is 62.0 Å². The molecule has 1 saturated heterocycles. The Morgan fingerprint density at radius 2 is 1.59 bits per heavy atom. The van der Waals surface area contributed by atoms with Gasteiger partial charge < -0.3 is 4.90 Å². The molecule has 162 valence electrons. The Hall–Kier alpha value is -3.08. The Morgan fingerprint density at radius 3 is 2.28 bits per heavy atom. The Kier molecular flexibility index (Phi) is 5.73. The number of fused-ring (bicyclic) bond motifs is 1. The minimum Gasteiger partial charge on any atom is -0.304 e. The van der Waals surface area contributed by atoms with Crippen molar-refractivity contribution in [2.24, 2.45) is 0 Å². The molecular formula is C28H29N3O. The lowest BCUT2D eigenvalue weighted by atomic mass is 9.96. The molecule has 4 nitrogen and oxygen atoms in total. The zero-order chi connectivity index (χ0) is 22.1. The standard InChI is InChI=1S/C28H29N3O/c1-20(32)22-7-9-24(10-8-22)26-11-12-28-27(26)17-25(18-29-28)23-5-3-21(4-6-23)19-31-15-13-30(2)14-16-31/h3-11,17-18H,12-16,19H2,1-2H3. The molecule has 0 radical (unpaired) electrons. The molecule has 0 atom stereocenters. The number of hydrogen-bond acceptors (Lipinski definition) is 4. The number of Topliss-reactive ketones (excluding diaryl/α,β-unsaturated/α-hetero) is 1. The molecule has 2 aromatic carbocycles. The Labute approximate surface area is 190 Å². The van der Waals surface area contributed by atoms with Crippen LogP contribution in [0.3, 0.4) is 0 Å². The van der Waals surface area contributed by atoms with Crippen LogP contribution in [0.15, 0.2) is 66.9 Å². The summed E-state index contributed by atoms with van der Waals surface area (Å²) in [6.45, 7) is 7.18. The van der Waals surface area contributed by atoms with Gasteiger partial charge in [-0.15, -0.1) is 0 Å². The molecule has 0 bridgehead atoms. The van der Waals surface area contributed by atoms with E-state index in [2.05, 4.69) is 53.3 Å². The molecule has 0 amide bonds. The van der Waals surface area contributed by atoms with Crippen LogP contribution in [0.5, 0.6) is 0 Å². The second-order valence-corrected chi connectivity index (χ2v) is 8.95. The summed E-state index contributed by atoms with van der Waals surface area (Å²) in [7, 11) is 2.19. The molecule has 0 saturated carbocycles. The van der Waals surface area contributed by atoms with E-state index in [4.69, 9.17) is 4.98 Å². The van der Waals surface area contributed by atoms with Crippen LogP contribution in [0, 0.1) is 0 Å². The predicted octanol–water partition coefficient (Wildman–Crippen LogP) is 4.69. The molecule has 1 fully saturated rings. The van der Waals surface area contributed by atoms with Crippen LogP contribution < -0.4 is 0 Å². The van der Waals surface area contributed by atoms with Gasteiger partial charge in [-0.2, -0.15) is 0 Å². The molecule has 1 aliphatic carbocycles. The van der Waals surface area contributed by atoms with E-state index >= 15 is 0 Å². The van der Waals surface area contributed by atoms with E-state index in [0.717, 1.165) is 61.5 Å². The van der Waals surface area contributed by atoms with Gasteiger partial charge in [-0.3, -0.25) is 14.7 Å². The van der Waals surface area contributed by atoms with Gasteiger partial charge in [-0.05, 0) is 42.3 Å². The Bertz CT molecular complexity index is 1150. The lowest BCUT2D eigenvalue weighted by Gasteiger charge is -2.32. The van der Waals surface area contributed by atoms with Crippen molar-refractivity contribution >= 4 is 11.4 Å². The number of piperazine rings is 1. The van der Waals surface area contributed by atoms with Crippen LogP contribution in [0.2, 0.25) is 0 Å². The van der Waals surface area contributed by atoms with Gasteiger partial charge in [0.05, 0.1) is 5.69 Å². The van der Waals surface area contributed by atoms with Crippen molar-refractivity contribution in [3.05, 3.63) is 94.8 Å². The number of rotatable bonds is 5. The summed E-state index contributed by atoms with van der Waals surface area (Å²) in [6, 6.07) is 19.1. The quantitative estimate of drug-likeness (QED) is 0.558. The monoisotopic (exact) mass is 423 g/mol. The van der Waals surface area contributed by atoms with Crippen molar-refractivity contribution in [2.75, 3.05) is 33.2 Å². The smallest absolute Gasteiger partial charge is 0.159 e. The molecule has 2 aliphatic rings. The van der Waals surface area contributed by atoms with Gasteiger partial charge in [0.2, 0.25) is 0 Å². The molecule has 2 heterocycles. The van der Waals surface area contributed by atoms with E-state index in [1.165, 1.54) is 22.3 Å². The maximum Gasteiger partial charge on any atom is 0.159 e. The number of aromatic nitrogens is 1. The number of carbonyl (C=O) groups is 1. The largest absolute Gasteiger partial charge is 0.304 e. The van der Waals surface area contributed by atoms with Crippen LogP contribution in [0.1, 0.15) is 39.7 Å². The molecule has 4 heteroatoms. The SMILES string of the molecule is CC(=O)c1ccc(C2=CCc3ncc(-c4ccc(CN5CCN(C)CC5)cc4)cc32)cc1. The van der Waals surface area contributed by atoms with E-state index in [0.29, 0.717) is 0 Å². The molecule has 1 aromatic heterocycles. The molecule has 0 spiro atoms. The van der Waals surface area contributed by atoms with Gasteiger partial charge in [-0.25, -0.2) is 0 Å². The van der Waals surface area contributed by atoms with Gasteiger partial charge in [0.25, 0.3) is 0 Å². The van der Waals surface area contributed by atoms with Crippen LogP contribution in [0.4, 0.5) is 0 Å². The number of benzene rings is 2.